The number of rotatable bonds is 6. The Morgan fingerprint density at radius 1 is 1.42 bits per heavy atom. The van der Waals surface area contributed by atoms with E-state index in [-0.39, 0.29) is 31.7 Å². The molecule has 0 aliphatic carbocycles. The molecule has 1 aliphatic rings. The Morgan fingerprint density at radius 3 is 3.08 bits per heavy atom. The summed E-state index contributed by atoms with van der Waals surface area (Å²) in [4.78, 5) is 13.8. The van der Waals surface area contributed by atoms with E-state index in [2.05, 4.69) is 11.2 Å². The van der Waals surface area contributed by atoms with Crippen LogP contribution in [0, 0.1) is 18.2 Å². The van der Waals surface area contributed by atoms with Crippen LogP contribution in [0.15, 0.2) is 34.9 Å². The molecular weight excluding hydrogens is 339 g/mol. The van der Waals surface area contributed by atoms with Gasteiger partial charge in [0.1, 0.15) is 17.3 Å². The van der Waals surface area contributed by atoms with Crippen LogP contribution in [0.5, 0.6) is 5.75 Å². The third kappa shape index (κ3) is 4.35. The van der Waals surface area contributed by atoms with Crippen LogP contribution in [0.2, 0.25) is 0 Å². The molecule has 0 bridgehead atoms. The molecule has 0 unspecified atom stereocenters. The maximum Gasteiger partial charge on any atom is 0.318 e. The Labute approximate surface area is 150 Å². The Morgan fingerprint density at radius 2 is 2.31 bits per heavy atom. The van der Waals surface area contributed by atoms with Crippen LogP contribution in [0.3, 0.4) is 0 Å². The summed E-state index contributed by atoms with van der Waals surface area (Å²) in [6.07, 6.45) is 7.30. The molecule has 136 valence electrons. The number of hydrogen-bond donors (Lipinski definition) is 1. The van der Waals surface area contributed by atoms with Crippen molar-refractivity contribution >= 4 is 6.03 Å². The quantitative estimate of drug-likeness (QED) is 0.807. The van der Waals surface area contributed by atoms with Crippen LogP contribution in [0.25, 0.3) is 0 Å². The molecule has 0 fully saturated rings. The minimum atomic E-state index is -0.356. The Balaban J connectivity index is 1.59. The summed E-state index contributed by atoms with van der Waals surface area (Å²) in [7, 11) is 0. The van der Waals surface area contributed by atoms with Crippen LogP contribution < -0.4 is 10.1 Å². The lowest BCUT2D eigenvalue weighted by atomic mass is 10.1. The van der Waals surface area contributed by atoms with E-state index in [4.69, 9.17) is 20.3 Å². The van der Waals surface area contributed by atoms with E-state index in [0.29, 0.717) is 42.2 Å². The number of benzene rings is 1. The van der Waals surface area contributed by atoms with Gasteiger partial charge in [0.05, 0.1) is 26.0 Å². The van der Waals surface area contributed by atoms with E-state index in [1.54, 1.807) is 12.1 Å². The number of carbonyl (C=O) groups is 1. The van der Waals surface area contributed by atoms with Gasteiger partial charge in [0, 0.05) is 12.1 Å². The average Bonchev–Trinajstić information content (AvgIpc) is 3.14. The minimum absolute atomic E-state index is 0.136. The predicted molar refractivity (Wildman–Crippen MR) is 91.7 cm³/mol. The molecule has 0 atom stereocenters. The highest BCUT2D eigenvalue weighted by Gasteiger charge is 2.18. The fraction of sp³-hybridized carbons (Fsp3) is 0.316. The summed E-state index contributed by atoms with van der Waals surface area (Å²) in [5.74, 6) is 3.37. The summed E-state index contributed by atoms with van der Waals surface area (Å²) in [6, 6.07) is 6.02. The van der Waals surface area contributed by atoms with Crippen molar-refractivity contribution in [1.29, 1.82) is 0 Å². The number of hydrogen-bond acceptors (Lipinski definition) is 4. The summed E-state index contributed by atoms with van der Waals surface area (Å²) in [5.41, 5.74) is 1.36. The molecule has 2 amide bonds. The molecule has 7 heteroatoms. The third-order valence-electron chi connectivity index (χ3n) is 3.92. The second kappa shape index (κ2) is 8.41. The molecule has 3 rings (SSSR count). The normalized spacial score (nSPS) is 12.6. The molecule has 0 radical (unpaired) electrons. The monoisotopic (exact) mass is 358 g/mol. The van der Waals surface area contributed by atoms with Gasteiger partial charge in [-0.05, 0) is 36.2 Å². The van der Waals surface area contributed by atoms with Gasteiger partial charge in [-0.1, -0.05) is 5.92 Å². The van der Waals surface area contributed by atoms with Gasteiger partial charge in [0.15, 0.2) is 6.79 Å². The molecule has 6 nitrogen and oxygen atoms in total. The molecule has 0 saturated heterocycles. The molecule has 0 saturated carbocycles. The molecule has 1 aromatic carbocycles. The van der Waals surface area contributed by atoms with Crippen molar-refractivity contribution in [3.63, 3.8) is 0 Å². The van der Waals surface area contributed by atoms with Gasteiger partial charge in [-0.2, -0.15) is 0 Å². The highest BCUT2D eigenvalue weighted by molar-refractivity contribution is 5.74. The molecule has 0 spiro atoms. The lowest BCUT2D eigenvalue weighted by molar-refractivity contribution is -0.0172. The van der Waals surface area contributed by atoms with Gasteiger partial charge in [-0.15, -0.1) is 6.42 Å². The predicted octanol–water partition coefficient (Wildman–Crippen LogP) is 2.67. The molecule has 2 aromatic rings. The number of halogens is 1. The van der Waals surface area contributed by atoms with Gasteiger partial charge in [-0.3, -0.25) is 0 Å². The largest absolute Gasteiger partial charge is 0.467 e. The maximum atomic E-state index is 13.7. The van der Waals surface area contributed by atoms with Crippen molar-refractivity contribution in [3.05, 3.63) is 53.2 Å². The number of fused-ring (bicyclic) bond motifs is 1. The Kier molecular flexibility index (Phi) is 5.77. The van der Waals surface area contributed by atoms with E-state index in [1.165, 1.54) is 23.3 Å². The smallest absolute Gasteiger partial charge is 0.318 e. The molecular formula is C19H19FN2O4. The first-order valence-corrected chi connectivity index (χ1v) is 8.18. The zero-order valence-corrected chi connectivity index (χ0v) is 14.2. The van der Waals surface area contributed by atoms with E-state index >= 15 is 0 Å². The van der Waals surface area contributed by atoms with Crippen molar-refractivity contribution in [2.75, 3.05) is 19.9 Å². The van der Waals surface area contributed by atoms with Gasteiger partial charge in [0.25, 0.3) is 0 Å². The highest BCUT2D eigenvalue weighted by atomic mass is 19.1. The van der Waals surface area contributed by atoms with Crippen LogP contribution in [-0.2, 0) is 24.3 Å². The van der Waals surface area contributed by atoms with E-state index in [0.717, 1.165) is 0 Å². The zero-order chi connectivity index (χ0) is 18.4. The number of terminal acetylenes is 1. The third-order valence-corrected chi connectivity index (χ3v) is 3.92. The SMILES string of the molecule is C#CCN(Cc1ccco1)C(=O)NCCc1cc(F)cc2c1OCOC2. The number of nitrogens with one attached hydrogen (secondary N) is 1. The fourth-order valence-corrected chi connectivity index (χ4v) is 2.76. The van der Waals surface area contributed by atoms with Crippen LogP contribution in [0.4, 0.5) is 9.18 Å². The van der Waals surface area contributed by atoms with Crippen molar-refractivity contribution in [3.8, 4) is 18.1 Å². The fourth-order valence-electron chi connectivity index (χ4n) is 2.76. The Bertz CT molecular complexity index is 799. The summed E-state index contributed by atoms with van der Waals surface area (Å²) in [5, 5.41) is 2.80. The molecule has 1 aliphatic heterocycles. The number of urea groups is 1. The first-order chi connectivity index (χ1) is 12.7. The Hall–Kier alpha value is -2.98. The summed E-state index contributed by atoms with van der Waals surface area (Å²) < 4.78 is 29.6. The lowest BCUT2D eigenvalue weighted by Crippen LogP contribution is -2.40. The van der Waals surface area contributed by atoms with Gasteiger partial charge in [-0.25, -0.2) is 9.18 Å². The van der Waals surface area contributed by atoms with Crippen molar-refractivity contribution < 1.29 is 23.1 Å². The zero-order valence-electron chi connectivity index (χ0n) is 14.2. The van der Waals surface area contributed by atoms with Gasteiger partial charge < -0.3 is 24.1 Å². The maximum absolute atomic E-state index is 13.7. The van der Waals surface area contributed by atoms with E-state index in [1.807, 2.05) is 0 Å². The molecule has 1 aromatic heterocycles. The number of carbonyl (C=O) groups excluding carboxylic acids is 1. The van der Waals surface area contributed by atoms with Crippen molar-refractivity contribution in [2.24, 2.45) is 0 Å². The van der Waals surface area contributed by atoms with E-state index in [9.17, 15) is 9.18 Å². The van der Waals surface area contributed by atoms with Crippen molar-refractivity contribution in [1.82, 2.24) is 10.2 Å². The molecule has 26 heavy (non-hydrogen) atoms. The van der Waals surface area contributed by atoms with E-state index < -0.39 is 0 Å². The molecule has 1 N–H and O–H groups in total. The topological polar surface area (TPSA) is 63.9 Å². The highest BCUT2D eigenvalue weighted by Crippen LogP contribution is 2.29. The second-order valence-corrected chi connectivity index (χ2v) is 5.79. The lowest BCUT2D eigenvalue weighted by Gasteiger charge is -2.22. The van der Waals surface area contributed by atoms with Crippen LogP contribution in [0.1, 0.15) is 16.9 Å². The number of ether oxygens (including phenoxy) is 2. The summed E-state index contributed by atoms with van der Waals surface area (Å²) in [6.45, 7) is 1.20. The van der Waals surface area contributed by atoms with Gasteiger partial charge >= 0.3 is 6.03 Å². The first-order valence-electron chi connectivity index (χ1n) is 8.18. The molecule has 2 heterocycles. The first kappa shape index (κ1) is 17.8. The number of nitrogens with zero attached hydrogens (tertiary/aromatic N) is 1. The average molecular weight is 358 g/mol. The standard InChI is InChI=1S/C19H19FN2O4/c1-2-7-22(11-17-4-3-8-25-17)19(23)21-6-5-14-9-16(20)10-15-12-24-13-26-18(14)15/h1,3-4,8-10H,5-7,11-13H2,(H,21,23). The van der Waals surface area contributed by atoms with Gasteiger partial charge in [0.2, 0.25) is 0 Å². The number of amides is 2. The van der Waals surface area contributed by atoms with Crippen LogP contribution in [-0.4, -0.2) is 30.8 Å². The van der Waals surface area contributed by atoms with Crippen LogP contribution >= 0.6 is 0 Å². The second-order valence-electron chi connectivity index (χ2n) is 5.79. The number of furan rings is 1. The minimum Gasteiger partial charge on any atom is -0.467 e. The van der Waals surface area contributed by atoms with Crippen molar-refractivity contribution in [2.45, 2.75) is 19.6 Å². The summed E-state index contributed by atoms with van der Waals surface area (Å²) >= 11 is 0.